The summed E-state index contributed by atoms with van der Waals surface area (Å²) in [6.45, 7) is 6.78. The lowest BCUT2D eigenvalue weighted by Crippen LogP contribution is -2.57. The Bertz CT molecular complexity index is 568. The van der Waals surface area contributed by atoms with Crippen LogP contribution in [0.1, 0.15) is 52.0 Å². The fourth-order valence-corrected chi connectivity index (χ4v) is 8.09. The minimum absolute atomic E-state index is 0.191. The Balaban J connectivity index is 1.66. The highest BCUT2D eigenvalue weighted by atomic mass is 32.2. The van der Waals surface area contributed by atoms with Crippen LogP contribution in [0.3, 0.4) is 0 Å². The summed E-state index contributed by atoms with van der Waals surface area (Å²) in [6, 6.07) is 9.22. The van der Waals surface area contributed by atoms with Gasteiger partial charge in [0.2, 0.25) is 0 Å². The van der Waals surface area contributed by atoms with Crippen molar-refractivity contribution < 1.29 is 4.79 Å². The molecule has 4 aliphatic rings. The van der Waals surface area contributed by atoms with Gasteiger partial charge in [-0.05, 0) is 41.9 Å². The van der Waals surface area contributed by atoms with Gasteiger partial charge < -0.3 is 0 Å². The highest BCUT2D eigenvalue weighted by Gasteiger charge is 2.60. The maximum Gasteiger partial charge on any atom is 0.188 e. The molecule has 2 saturated carbocycles. The van der Waals surface area contributed by atoms with Crippen LogP contribution in [-0.2, 0) is 21.1 Å². The number of hydrogen-bond donors (Lipinski definition) is 0. The molecule has 1 aromatic carbocycles. The van der Waals surface area contributed by atoms with Gasteiger partial charge in [0, 0.05) is 29.7 Å². The van der Waals surface area contributed by atoms with Crippen LogP contribution >= 0.6 is 0 Å². The molecule has 1 nitrogen and oxygen atoms in total. The minimum Gasteiger partial charge on any atom is -0.294 e. The van der Waals surface area contributed by atoms with E-state index in [4.69, 9.17) is 0 Å². The van der Waals surface area contributed by atoms with Crippen molar-refractivity contribution in [3.63, 3.8) is 0 Å². The Morgan fingerprint density at radius 3 is 2.38 bits per heavy atom. The zero-order chi connectivity index (χ0) is 14.8. The molecule has 2 heterocycles. The normalized spacial score (nSPS) is 38.0. The number of carbonyl (C=O) groups is 1. The third kappa shape index (κ3) is 2.18. The Morgan fingerprint density at radius 2 is 1.71 bits per heavy atom. The zero-order valence-electron chi connectivity index (χ0n) is 13.3. The van der Waals surface area contributed by atoms with Crippen molar-refractivity contribution in [1.82, 2.24) is 0 Å². The predicted molar refractivity (Wildman–Crippen MR) is 88.8 cm³/mol. The van der Waals surface area contributed by atoms with E-state index in [1.54, 1.807) is 0 Å². The van der Waals surface area contributed by atoms with Gasteiger partial charge in [-0.2, -0.15) is 0 Å². The van der Waals surface area contributed by atoms with E-state index >= 15 is 0 Å². The maximum atomic E-state index is 12.6. The smallest absolute Gasteiger partial charge is 0.188 e. The zero-order valence-corrected chi connectivity index (χ0v) is 14.1. The largest absolute Gasteiger partial charge is 0.294 e. The molecule has 2 heteroatoms. The molecule has 0 radical (unpaired) electrons. The lowest BCUT2D eigenvalue weighted by Gasteiger charge is -2.46. The van der Waals surface area contributed by atoms with Gasteiger partial charge in [0.25, 0.3) is 0 Å². The fourth-order valence-electron chi connectivity index (χ4n) is 4.62. The van der Waals surface area contributed by atoms with E-state index in [9.17, 15) is 4.79 Å². The fraction of sp³-hybridized carbons (Fsp3) is 0.632. The highest BCUT2D eigenvalue weighted by molar-refractivity contribution is 7.99. The number of Topliss-reactive ketones (excluding diaryl/α,β-unsaturated/α-hetero) is 1. The van der Waals surface area contributed by atoms with Crippen molar-refractivity contribution in [2.24, 2.45) is 11.8 Å². The van der Waals surface area contributed by atoms with Gasteiger partial charge in [0.05, 0.1) is 0 Å². The van der Waals surface area contributed by atoms with E-state index in [2.05, 4.69) is 45.0 Å². The maximum absolute atomic E-state index is 12.6. The molecule has 5 unspecified atom stereocenters. The Kier molecular flexibility index (Phi) is 3.05. The molecular formula is C19H25OS+. The molecule has 5 rings (SSSR count). The average Bonchev–Trinajstić information content (AvgIpc) is 2.43. The molecule has 4 bridgehead atoms. The molecule has 0 spiro atoms. The molecule has 5 atom stereocenters. The summed E-state index contributed by atoms with van der Waals surface area (Å²) < 4.78 is 0. The van der Waals surface area contributed by atoms with Gasteiger partial charge in [0.1, 0.15) is 5.25 Å². The summed E-state index contributed by atoms with van der Waals surface area (Å²) in [5.41, 5.74) is 1.60. The first-order valence-corrected chi connectivity index (χ1v) is 9.65. The van der Waals surface area contributed by atoms with E-state index in [0.29, 0.717) is 17.0 Å². The molecule has 2 aliphatic carbocycles. The molecule has 1 aromatic rings. The average molecular weight is 301 g/mol. The second kappa shape index (κ2) is 4.62. The van der Waals surface area contributed by atoms with Crippen LogP contribution in [0, 0.1) is 11.8 Å². The molecule has 2 aliphatic heterocycles. The third-order valence-corrected chi connectivity index (χ3v) is 8.64. The lowest BCUT2D eigenvalue weighted by atomic mass is 9.70. The first kappa shape index (κ1) is 13.9. The van der Waals surface area contributed by atoms with Crippen molar-refractivity contribution in [2.75, 3.05) is 0 Å². The molecule has 4 fully saturated rings. The van der Waals surface area contributed by atoms with Crippen LogP contribution in [-0.4, -0.2) is 16.3 Å². The van der Waals surface area contributed by atoms with Crippen molar-refractivity contribution in [2.45, 2.75) is 67.3 Å². The molecule has 0 aromatic heterocycles. The minimum atomic E-state index is 0.191. The number of ketones is 1. The Labute approximate surface area is 130 Å². The van der Waals surface area contributed by atoms with Gasteiger partial charge in [-0.15, -0.1) is 0 Å². The van der Waals surface area contributed by atoms with E-state index < -0.39 is 0 Å². The van der Waals surface area contributed by atoms with Crippen molar-refractivity contribution in [1.29, 1.82) is 0 Å². The monoisotopic (exact) mass is 301 g/mol. The van der Waals surface area contributed by atoms with Crippen LogP contribution in [0.15, 0.2) is 29.2 Å². The van der Waals surface area contributed by atoms with Gasteiger partial charge in [-0.1, -0.05) is 32.9 Å². The van der Waals surface area contributed by atoms with E-state index in [0.717, 1.165) is 11.2 Å². The van der Waals surface area contributed by atoms with Gasteiger partial charge in [-0.25, -0.2) is 0 Å². The summed E-state index contributed by atoms with van der Waals surface area (Å²) in [6.07, 6.45) is 4.93. The Hall–Kier alpha value is -0.760. The summed E-state index contributed by atoms with van der Waals surface area (Å²) >= 11 is 0. The molecule has 0 amide bonds. The topological polar surface area (TPSA) is 17.1 Å². The van der Waals surface area contributed by atoms with Gasteiger partial charge >= 0.3 is 0 Å². The van der Waals surface area contributed by atoms with E-state index in [1.165, 1.54) is 36.1 Å². The lowest BCUT2D eigenvalue weighted by molar-refractivity contribution is -0.127. The first-order chi connectivity index (χ1) is 9.93. The standard InChI is InChI=1S/C19H25OS/c1-19(2,3)14-4-6-15(7-5-14)21-16-9-12-8-13(11-16)18(20)17(21)10-12/h4-7,12-13,16-17H,8-11H2,1-3H3/q+1. The summed E-state index contributed by atoms with van der Waals surface area (Å²) in [5, 5.41) is 1.16. The Morgan fingerprint density at radius 1 is 1.00 bits per heavy atom. The number of rotatable bonds is 1. The summed E-state index contributed by atoms with van der Waals surface area (Å²) in [7, 11) is 0.191. The second-order valence-corrected chi connectivity index (χ2v) is 10.6. The highest BCUT2D eigenvalue weighted by Crippen LogP contribution is 2.52. The van der Waals surface area contributed by atoms with Crippen LogP contribution in [0.4, 0.5) is 0 Å². The third-order valence-electron chi connectivity index (χ3n) is 5.69. The van der Waals surface area contributed by atoms with Crippen LogP contribution < -0.4 is 0 Å². The SMILES string of the molecule is CC(C)(C)c1ccc([S+]2C3CC4CC(C3)C(=O)C2C4)cc1. The first-order valence-electron chi connectivity index (χ1n) is 8.29. The number of benzene rings is 1. The quantitative estimate of drug-likeness (QED) is 0.714. The number of hydrogen-bond acceptors (Lipinski definition) is 1. The van der Waals surface area contributed by atoms with Crippen LogP contribution in [0.25, 0.3) is 0 Å². The van der Waals surface area contributed by atoms with Crippen LogP contribution in [0.5, 0.6) is 0 Å². The van der Waals surface area contributed by atoms with E-state index in [1.807, 2.05) is 0 Å². The predicted octanol–water partition coefficient (Wildman–Crippen LogP) is 4.10. The number of carbonyl (C=O) groups excluding carboxylic acids is 1. The van der Waals surface area contributed by atoms with Gasteiger partial charge in [0.15, 0.2) is 15.9 Å². The van der Waals surface area contributed by atoms with Gasteiger partial charge in [-0.3, -0.25) is 4.79 Å². The summed E-state index contributed by atoms with van der Waals surface area (Å²) in [5.74, 6) is 1.88. The van der Waals surface area contributed by atoms with Crippen molar-refractivity contribution >= 4 is 16.7 Å². The van der Waals surface area contributed by atoms with Crippen molar-refractivity contribution in [3.05, 3.63) is 29.8 Å². The second-order valence-electron chi connectivity index (χ2n) is 8.16. The molecule has 2 saturated heterocycles. The van der Waals surface area contributed by atoms with Crippen molar-refractivity contribution in [3.8, 4) is 0 Å². The molecular weight excluding hydrogens is 276 g/mol. The molecule has 21 heavy (non-hydrogen) atoms. The summed E-state index contributed by atoms with van der Waals surface area (Å²) in [4.78, 5) is 14.0. The molecule has 0 N–H and O–H groups in total. The van der Waals surface area contributed by atoms with Crippen LogP contribution in [0.2, 0.25) is 0 Å². The molecule has 112 valence electrons. The van der Waals surface area contributed by atoms with E-state index in [-0.39, 0.29) is 16.3 Å².